The van der Waals surface area contributed by atoms with Crippen molar-refractivity contribution in [3.05, 3.63) is 35.4 Å². The second-order valence-electron chi connectivity index (χ2n) is 8.35. The van der Waals surface area contributed by atoms with Gasteiger partial charge in [-0.05, 0) is 29.4 Å². The highest BCUT2D eigenvalue weighted by atomic mass is 19.4. The summed E-state index contributed by atoms with van der Waals surface area (Å²) in [7, 11) is 0. The van der Waals surface area contributed by atoms with Gasteiger partial charge < -0.3 is 10.2 Å². The van der Waals surface area contributed by atoms with Gasteiger partial charge in [0.25, 0.3) is 0 Å². The highest BCUT2D eigenvalue weighted by Crippen LogP contribution is 2.47. The molecule has 0 spiro atoms. The SMILES string of the molecule is CC1([C@@H](CN2CCNCC2)c2cccc(CC(F)(F)F)c2)CCCCC1. The van der Waals surface area contributed by atoms with Crippen LogP contribution in [0.2, 0.25) is 0 Å². The Morgan fingerprint density at radius 1 is 1.12 bits per heavy atom. The molecule has 1 aromatic carbocycles. The van der Waals surface area contributed by atoms with E-state index < -0.39 is 12.6 Å². The maximum absolute atomic E-state index is 12.9. The van der Waals surface area contributed by atoms with Crippen LogP contribution in [0.1, 0.15) is 56.1 Å². The van der Waals surface area contributed by atoms with E-state index >= 15 is 0 Å². The van der Waals surface area contributed by atoms with Crippen LogP contribution in [0.4, 0.5) is 13.2 Å². The molecule has 26 heavy (non-hydrogen) atoms. The molecule has 5 heteroatoms. The first-order valence-electron chi connectivity index (χ1n) is 9.94. The van der Waals surface area contributed by atoms with Gasteiger partial charge in [0.2, 0.25) is 0 Å². The first kappa shape index (κ1) is 19.7. The van der Waals surface area contributed by atoms with Crippen LogP contribution in [0.25, 0.3) is 0 Å². The summed E-state index contributed by atoms with van der Waals surface area (Å²) in [6.07, 6.45) is 1.11. The second-order valence-corrected chi connectivity index (χ2v) is 8.35. The summed E-state index contributed by atoms with van der Waals surface area (Å²) in [5.41, 5.74) is 1.66. The van der Waals surface area contributed by atoms with E-state index in [-0.39, 0.29) is 5.41 Å². The van der Waals surface area contributed by atoms with Crippen molar-refractivity contribution >= 4 is 0 Å². The molecular formula is C21H31F3N2. The number of hydrogen-bond donors (Lipinski definition) is 1. The molecule has 1 N–H and O–H groups in total. The quantitative estimate of drug-likeness (QED) is 0.807. The summed E-state index contributed by atoms with van der Waals surface area (Å²) in [6.45, 7) is 7.35. The second kappa shape index (κ2) is 8.30. The fourth-order valence-electron chi connectivity index (χ4n) is 4.74. The van der Waals surface area contributed by atoms with Crippen molar-refractivity contribution in [1.29, 1.82) is 0 Å². The number of alkyl halides is 3. The monoisotopic (exact) mass is 368 g/mol. The molecule has 0 bridgehead atoms. The van der Waals surface area contributed by atoms with Crippen LogP contribution < -0.4 is 5.32 Å². The van der Waals surface area contributed by atoms with Crippen LogP contribution in [0.15, 0.2) is 24.3 Å². The molecule has 1 atom stereocenters. The third-order valence-electron chi connectivity index (χ3n) is 6.25. The molecule has 0 aromatic heterocycles. The number of halogens is 3. The molecule has 0 radical (unpaired) electrons. The number of rotatable bonds is 5. The van der Waals surface area contributed by atoms with Crippen molar-refractivity contribution in [2.45, 2.75) is 57.5 Å². The van der Waals surface area contributed by atoms with E-state index in [1.165, 1.54) is 32.1 Å². The Hall–Kier alpha value is -1.07. The highest BCUT2D eigenvalue weighted by Gasteiger charge is 2.38. The highest BCUT2D eigenvalue weighted by molar-refractivity contribution is 5.29. The Kier molecular flexibility index (Phi) is 6.29. The van der Waals surface area contributed by atoms with Crippen LogP contribution in [0.3, 0.4) is 0 Å². The standard InChI is InChI=1S/C21H31F3N2/c1-20(8-3-2-4-9-20)19(16-26-12-10-25-11-13-26)18-7-5-6-17(14-18)15-21(22,23)24/h5-7,14,19,25H,2-4,8-13,15-16H2,1H3/t19-/m0/s1. The Morgan fingerprint density at radius 2 is 1.81 bits per heavy atom. The van der Waals surface area contributed by atoms with E-state index in [2.05, 4.69) is 17.1 Å². The van der Waals surface area contributed by atoms with Gasteiger partial charge in [0.1, 0.15) is 0 Å². The fourth-order valence-corrected chi connectivity index (χ4v) is 4.74. The van der Waals surface area contributed by atoms with Crippen molar-refractivity contribution in [1.82, 2.24) is 10.2 Å². The largest absolute Gasteiger partial charge is 0.393 e. The zero-order valence-electron chi connectivity index (χ0n) is 15.7. The maximum atomic E-state index is 12.9. The predicted octanol–water partition coefficient (Wildman–Crippen LogP) is 4.75. The van der Waals surface area contributed by atoms with E-state index in [1.54, 1.807) is 6.07 Å². The topological polar surface area (TPSA) is 15.3 Å². The van der Waals surface area contributed by atoms with Crippen molar-refractivity contribution in [2.24, 2.45) is 5.41 Å². The van der Waals surface area contributed by atoms with Crippen LogP contribution in [0, 0.1) is 5.41 Å². The Bertz CT molecular complexity index is 573. The van der Waals surface area contributed by atoms with E-state index in [0.29, 0.717) is 11.5 Å². The van der Waals surface area contributed by atoms with E-state index in [4.69, 9.17) is 0 Å². The van der Waals surface area contributed by atoms with Gasteiger partial charge in [-0.15, -0.1) is 0 Å². The van der Waals surface area contributed by atoms with Gasteiger partial charge in [0, 0.05) is 38.6 Å². The molecule has 1 aliphatic carbocycles. The predicted molar refractivity (Wildman–Crippen MR) is 99.4 cm³/mol. The molecule has 3 rings (SSSR count). The zero-order valence-corrected chi connectivity index (χ0v) is 15.7. The van der Waals surface area contributed by atoms with Gasteiger partial charge in [-0.2, -0.15) is 13.2 Å². The first-order valence-corrected chi connectivity index (χ1v) is 9.94. The molecule has 0 amide bonds. The minimum Gasteiger partial charge on any atom is -0.314 e. The summed E-state index contributed by atoms with van der Waals surface area (Å²) in [5, 5.41) is 3.38. The van der Waals surface area contributed by atoms with Crippen molar-refractivity contribution in [2.75, 3.05) is 32.7 Å². The molecular weight excluding hydrogens is 337 g/mol. The summed E-state index contributed by atoms with van der Waals surface area (Å²) < 4.78 is 38.6. The minimum atomic E-state index is -4.15. The number of nitrogens with one attached hydrogen (secondary N) is 1. The third-order valence-corrected chi connectivity index (χ3v) is 6.25. The Morgan fingerprint density at radius 3 is 2.46 bits per heavy atom. The van der Waals surface area contributed by atoms with E-state index in [9.17, 15) is 13.2 Å². The molecule has 1 saturated carbocycles. The molecule has 2 aliphatic rings. The molecule has 1 heterocycles. The molecule has 146 valence electrons. The van der Waals surface area contributed by atoms with Gasteiger partial charge in [0.05, 0.1) is 6.42 Å². The average molecular weight is 368 g/mol. The summed E-state index contributed by atoms with van der Waals surface area (Å²) in [5.74, 6) is 0.300. The number of hydrogen-bond acceptors (Lipinski definition) is 2. The number of piperazine rings is 1. The summed E-state index contributed by atoms with van der Waals surface area (Å²) in [4.78, 5) is 2.48. The minimum absolute atomic E-state index is 0.181. The van der Waals surface area contributed by atoms with Crippen LogP contribution in [-0.4, -0.2) is 43.8 Å². The summed E-state index contributed by atoms with van der Waals surface area (Å²) >= 11 is 0. The fraction of sp³-hybridized carbons (Fsp3) is 0.714. The van der Waals surface area contributed by atoms with Crippen LogP contribution in [-0.2, 0) is 6.42 Å². The van der Waals surface area contributed by atoms with Gasteiger partial charge in [-0.25, -0.2) is 0 Å². The molecule has 1 aliphatic heterocycles. The molecule has 2 nitrogen and oxygen atoms in total. The smallest absolute Gasteiger partial charge is 0.314 e. The lowest BCUT2D eigenvalue weighted by atomic mass is 9.64. The maximum Gasteiger partial charge on any atom is 0.393 e. The van der Waals surface area contributed by atoms with E-state index in [1.807, 2.05) is 18.2 Å². The normalized spacial score (nSPS) is 22.9. The van der Waals surface area contributed by atoms with Crippen molar-refractivity contribution in [3.8, 4) is 0 Å². The number of nitrogens with zero attached hydrogens (tertiary/aromatic N) is 1. The molecule has 1 aromatic rings. The first-order chi connectivity index (χ1) is 12.4. The lowest BCUT2D eigenvalue weighted by molar-refractivity contribution is -0.127. The zero-order chi connectivity index (χ0) is 18.6. The van der Waals surface area contributed by atoms with Crippen molar-refractivity contribution < 1.29 is 13.2 Å². The third kappa shape index (κ3) is 5.23. The average Bonchev–Trinajstić information content (AvgIpc) is 2.60. The summed E-state index contributed by atoms with van der Waals surface area (Å²) in [6, 6.07) is 7.29. The van der Waals surface area contributed by atoms with Crippen LogP contribution >= 0.6 is 0 Å². The van der Waals surface area contributed by atoms with E-state index in [0.717, 1.165) is 38.3 Å². The van der Waals surface area contributed by atoms with Gasteiger partial charge in [0.15, 0.2) is 0 Å². The Balaban J connectivity index is 1.85. The molecule has 1 saturated heterocycles. The van der Waals surface area contributed by atoms with Gasteiger partial charge in [-0.1, -0.05) is 50.5 Å². The lowest BCUT2D eigenvalue weighted by Gasteiger charge is -2.44. The lowest BCUT2D eigenvalue weighted by Crippen LogP contribution is -2.47. The van der Waals surface area contributed by atoms with Crippen LogP contribution in [0.5, 0.6) is 0 Å². The van der Waals surface area contributed by atoms with Gasteiger partial charge >= 0.3 is 6.18 Å². The van der Waals surface area contributed by atoms with Crippen molar-refractivity contribution in [3.63, 3.8) is 0 Å². The van der Waals surface area contributed by atoms with Gasteiger partial charge in [-0.3, -0.25) is 0 Å². The molecule has 0 unspecified atom stereocenters. The Labute approximate surface area is 155 Å². The number of benzene rings is 1. The molecule has 2 fully saturated rings.